The summed E-state index contributed by atoms with van der Waals surface area (Å²) >= 11 is 7.13. The van der Waals surface area contributed by atoms with Crippen LogP contribution in [0, 0.1) is 0 Å². The Bertz CT molecular complexity index is 1130. The Morgan fingerprint density at radius 3 is 2.44 bits per heavy atom. The maximum Gasteiger partial charge on any atom is 0.341 e. The topological polar surface area (TPSA) is 83.1 Å². The van der Waals surface area contributed by atoms with Gasteiger partial charge in [-0.1, -0.05) is 17.7 Å². The largest absolute Gasteiger partial charge is 0.494 e. The van der Waals surface area contributed by atoms with Gasteiger partial charge in [0.15, 0.2) is 11.5 Å². The zero-order valence-corrected chi connectivity index (χ0v) is 20.8. The Hall–Kier alpha value is -3.23. The van der Waals surface area contributed by atoms with E-state index < -0.39 is 5.97 Å². The lowest BCUT2D eigenvalue weighted by atomic mass is 10.0. The summed E-state index contributed by atoms with van der Waals surface area (Å²) in [5.74, 6) is 1.08. The molecule has 0 saturated carbocycles. The Labute approximate surface area is 207 Å². The first-order valence-electron chi connectivity index (χ1n) is 10.7. The van der Waals surface area contributed by atoms with Crippen LogP contribution in [0.2, 0.25) is 5.02 Å². The van der Waals surface area contributed by atoms with Crippen LogP contribution >= 0.6 is 22.9 Å². The summed E-state index contributed by atoms with van der Waals surface area (Å²) in [4.78, 5) is 25.3. The van der Waals surface area contributed by atoms with E-state index in [2.05, 4.69) is 5.32 Å². The van der Waals surface area contributed by atoms with Crippen molar-refractivity contribution < 1.29 is 28.5 Å². The Balaban J connectivity index is 1.71. The number of nitrogens with one attached hydrogen (secondary N) is 1. The van der Waals surface area contributed by atoms with Crippen LogP contribution < -0.4 is 19.5 Å². The lowest BCUT2D eigenvalue weighted by molar-refractivity contribution is -0.116. The van der Waals surface area contributed by atoms with Gasteiger partial charge in [-0.25, -0.2) is 4.79 Å². The highest BCUT2D eigenvalue weighted by molar-refractivity contribution is 7.15. The summed E-state index contributed by atoms with van der Waals surface area (Å²) in [6, 6.07) is 12.4. The summed E-state index contributed by atoms with van der Waals surface area (Å²) in [7, 11) is 3.10. The standard InChI is InChI=1S/C25H26ClNO6S/c1-4-32-25(29)23-19(16-7-12-20(30-2)21(14-16)31-3)15-34-24(23)27-22(28)6-5-13-33-18-10-8-17(26)9-11-18/h7-12,14-15H,4-6,13H2,1-3H3,(H,27,28). The van der Waals surface area contributed by atoms with Crippen LogP contribution in [0.25, 0.3) is 11.1 Å². The SMILES string of the molecule is CCOC(=O)c1c(-c2ccc(OC)c(OC)c2)csc1NC(=O)CCCOc1ccc(Cl)cc1. The smallest absolute Gasteiger partial charge is 0.341 e. The summed E-state index contributed by atoms with van der Waals surface area (Å²) in [5, 5.41) is 5.73. The second-order valence-electron chi connectivity index (χ2n) is 7.10. The molecule has 0 spiro atoms. The molecule has 9 heteroatoms. The molecule has 1 aromatic heterocycles. The van der Waals surface area contributed by atoms with Crippen molar-refractivity contribution in [3.63, 3.8) is 0 Å². The van der Waals surface area contributed by atoms with Gasteiger partial charge in [-0.05, 0) is 55.3 Å². The number of thiophene rings is 1. The molecule has 0 aliphatic heterocycles. The fourth-order valence-electron chi connectivity index (χ4n) is 3.21. The Morgan fingerprint density at radius 1 is 1.03 bits per heavy atom. The van der Waals surface area contributed by atoms with E-state index in [0.29, 0.717) is 51.4 Å². The summed E-state index contributed by atoms with van der Waals surface area (Å²) < 4.78 is 21.6. The third kappa shape index (κ3) is 6.42. The summed E-state index contributed by atoms with van der Waals surface area (Å²) in [6.45, 7) is 2.33. The zero-order chi connectivity index (χ0) is 24.5. The number of methoxy groups -OCH3 is 2. The predicted octanol–water partition coefficient (Wildman–Crippen LogP) is 6.06. The normalized spacial score (nSPS) is 10.5. The fraction of sp³-hybridized carbons (Fsp3) is 0.280. The number of benzene rings is 2. The molecular weight excluding hydrogens is 478 g/mol. The van der Waals surface area contributed by atoms with Gasteiger partial charge in [0.05, 0.1) is 27.4 Å². The van der Waals surface area contributed by atoms with Crippen molar-refractivity contribution in [1.29, 1.82) is 0 Å². The van der Waals surface area contributed by atoms with Gasteiger partial charge < -0.3 is 24.3 Å². The van der Waals surface area contributed by atoms with E-state index in [-0.39, 0.29) is 18.9 Å². The number of carbonyl (C=O) groups is 2. The second-order valence-corrected chi connectivity index (χ2v) is 8.41. The van der Waals surface area contributed by atoms with Crippen LogP contribution in [-0.2, 0) is 9.53 Å². The average Bonchev–Trinajstić information content (AvgIpc) is 3.26. The Kier molecular flexibility index (Phi) is 9.18. The molecule has 0 radical (unpaired) electrons. The lowest BCUT2D eigenvalue weighted by Gasteiger charge is -2.11. The van der Waals surface area contributed by atoms with E-state index >= 15 is 0 Å². The molecule has 1 heterocycles. The molecule has 1 N–H and O–H groups in total. The van der Waals surface area contributed by atoms with Crippen molar-refractivity contribution in [2.75, 3.05) is 32.8 Å². The number of esters is 1. The zero-order valence-electron chi connectivity index (χ0n) is 19.2. The molecule has 0 atom stereocenters. The van der Waals surface area contributed by atoms with Gasteiger partial charge in [-0.2, -0.15) is 0 Å². The molecule has 0 aliphatic rings. The van der Waals surface area contributed by atoms with Gasteiger partial charge in [-0.3, -0.25) is 4.79 Å². The first kappa shape index (κ1) is 25.4. The number of hydrogen-bond donors (Lipinski definition) is 1. The van der Waals surface area contributed by atoms with Gasteiger partial charge >= 0.3 is 5.97 Å². The number of ether oxygens (including phenoxy) is 4. The van der Waals surface area contributed by atoms with Gasteiger partial charge in [0, 0.05) is 22.4 Å². The number of halogens is 1. The maximum atomic E-state index is 12.8. The number of carbonyl (C=O) groups excluding carboxylic acids is 2. The third-order valence-electron chi connectivity index (χ3n) is 4.85. The molecular formula is C25H26ClNO6S. The monoisotopic (exact) mass is 503 g/mol. The highest BCUT2D eigenvalue weighted by atomic mass is 35.5. The van der Waals surface area contributed by atoms with E-state index in [1.807, 2.05) is 11.4 Å². The highest BCUT2D eigenvalue weighted by Crippen LogP contribution is 2.39. The number of hydrogen-bond acceptors (Lipinski definition) is 7. The van der Waals surface area contributed by atoms with Gasteiger partial charge in [-0.15, -0.1) is 11.3 Å². The average molecular weight is 504 g/mol. The Morgan fingerprint density at radius 2 is 1.76 bits per heavy atom. The van der Waals surface area contributed by atoms with Crippen LogP contribution in [-0.4, -0.2) is 39.3 Å². The minimum absolute atomic E-state index is 0.217. The fourth-order valence-corrected chi connectivity index (χ4v) is 4.31. The molecule has 0 saturated heterocycles. The molecule has 0 unspecified atom stereocenters. The molecule has 0 bridgehead atoms. The van der Waals surface area contributed by atoms with Gasteiger partial charge in [0.2, 0.25) is 5.91 Å². The van der Waals surface area contributed by atoms with Crippen molar-refractivity contribution in [2.24, 2.45) is 0 Å². The van der Waals surface area contributed by atoms with E-state index in [0.717, 1.165) is 5.56 Å². The summed E-state index contributed by atoms with van der Waals surface area (Å²) in [6.07, 6.45) is 0.747. The number of anilines is 1. The molecule has 180 valence electrons. The van der Waals surface area contributed by atoms with Crippen molar-refractivity contribution in [2.45, 2.75) is 19.8 Å². The molecule has 7 nitrogen and oxygen atoms in total. The van der Waals surface area contributed by atoms with Crippen molar-refractivity contribution in [1.82, 2.24) is 0 Å². The highest BCUT2D eigenvalue weighted by Gasteiger charge is 2.23. The molecule has 2 aromatic carbocycles. The van der Waals surface area contributed by atoms with Crippen LogP contribution in [0.3, 0.4) is 0 Å². The minimum atomic E-state index is -0.505. The first-order valence-corrected chi connectivity index (χ1v) is 11.9. The number of rotatable bonds is 11. The first-order chi connectivity index (χ1) is 16.5. The van der Waals surface area contributed by atoms with Crippen LogP contribution in [0.5, 0.6) is 17.2 Å². The van der Waals surface area contributed by atoms with Crippen molar-refractivity contribution >= 4 is 39.8 Å². The molecule has 1 amide bonds. The van der Waals surface area contributed by atoms with Crippen molar-refractivity contribution in [3.05, 3.63) is 58.4 Å². The van der Waals surface area contributed by atoms with Crippen LogP contribution in [0.4, 0.5) is 5.00 Å². The number of amides is 1. The predicted molar refractivity (Wildman–Crippen MR) is 134 cm³/mol. The maximum absolute atomic E-state index is 12.8. The van der Waals surface area contributed by atoms with Crippen LogP contribution in [0.1, 0.15) is 30.1 Å². The van der Waals surface area contributed by atoms with Gasteiger partial charge in [0.1, 0.15) is 16.3 Å². The van der Waals surface area contributed by atoms with Gasteiger partial charge in [0.25, 0.3) is 0 Å². The van der Waals surface area contributed by atoms with Crippen molar-refractivity contribution in [3.8, 4) is 28.4 Å². The quantitative estimate of drug-likeness (QED) is 0.253. The molecule has 3 aromatic rings. The molecule has 0 aliphatic carbocycles. The van der Waals surface area contributed by atoms with E-state index in [1.165, 1.54) is 11.3 Å². The molecule has 0 fully saturated rings. The third-order valence-corrected chi connectivity index (χ3v) is 6.00. The van der Waals surface area contributed by atoms with E-state index in [1.54, 1.807) is 57.5 Å². The molecule has 34 heavy (non-hydrogen) atoms. The summed E-state index contributed by atoms with van der Waals surface area (Å²) in [5.41, 5.74) is 1.70. The lowest BCUT2D eigenvalue weighted by Crippen LogP contribution is -2.15. The molecule has 3 rings (SSSR count). The minimum Gasteiger partial charge on any atom is -0.494 e. The van der Waals surface area contributed by atoms with E-state index in [9.17, 15) is 9.59 Å². The van der Waals surface area contributed by atoms with E-state index in [4.69, 9.17) is 30.5 Å². The second kappa shape index (κ2) is 12.3. The van der Waals surface area contributed by atoms with Crippen LogP contribution in [0.15, 0.2) is 47.8 Å².